The molecule has 0 nitrogen and oxygen atoms in total. The van der Waals surface area contributed by atoms with Crippen LogP contribution in [-0.2, 0) is 18.6 Å². The maximum atomic E-state index is 2.64. The smallest absolute Gasteiger partial charge is 0.147 e. The molecule has 0 amide bonds. The monoisotopic (exact) mass is 568 g/mol. The van der Waals surface area contributed by atoms with E-state index in [0.29, 0.717) is 0 Å². The molecule has 0 radical (unpaired) electrons. The predicted octanol–water partition coefficient (Wildman–Crippen LogP) is 8.42. The Morgan fingerprint density at radius 3 is 1.29 bits per heavy atom. The van der Waals surface area contributed by atoms with Crippen LogP contribution < -0.4 is 0 Å². The zero-order valence-electron chi connectivity index (χ0n) is 19.6. The van der Waals surface area contributed by atoms with Crippen molar-refractivity contribution in [3.05, 3.63) is 101 Å². The average molecular weight is 569 g/mol. The molecule has 2 aromatic carbocycles. The topological polar surface area (TPSA) is 0 Å². The summed E-state index contributed by atoms with van der Waals surface area (Å²) in [6.45, 7) is 9.17. The van der Waals surface area contributed by atoms with Crippen molar-refractivity contribution in [2.45, 2.75) is 52.0 Å². The van der Waals surface area contributed by atoms with E-state index in [1.54, 1.807) is 11.1 Å². The van der Waals surface area contributed by atoms with Crippen LogP contribution in [0.1, 0.15) is 48.9 Å². The maximum absolute atomic E-state index is 2.64. The standard InChI is InChI=1S/2C13H13.C2H6Ge.ClH.Zr/c2*1-10-6-8-12(9-7-10)13-5-3-4-11(13)2;1-3-2;;/h2*5-9H,3H2,1-2H3;1-2H3;1H;. The van der Waals surface area contributed by atoms with Gasteiger partial charge in [0.2, 0.25) is 0 Å². The minimum Gasteiger partial charge on any atom is -0.147 e. The SMILES string of the molecule is CC1=[C]([Zr]([C]2=C(C)C(c3ccc(C)cc3)=CC2)=[Ge]([CH3])[CH3])CC=C1c1ccc(C)cc1.Cl. The van der Waals surface area contributed by atoms with Gasteiger partial charge in [0.15, 0.2) is 0 Å². The Bertz CT molecular complexity index is 1060. The summed E-state index contributed by atoms with van der Waals surface area (Å²) < 4.78 is 3.78. The Kier molecular flexibility index (Phi) is 8.28. The Balaban J connectivity index is 0.00000272. The van der Waals surface area contributed by atoms with E-state index in [4.69, 9.17) is 0 Å². The zero-order chi connectivity index (χ0) is 21.4. The summed E-state index contributed by atoms with van der Waals surface area (Å²) >= 11 is -1.77. The summed E-state index contributed by atoms with van der Waals surface area (Å²) in [6, 6.07) is 18.2. The Morgan fingerprint density at radius 1 is 0.613 bits per heavy atom. The van der Waals surface area contributed by atoms with Crippen LogP contribution in [0.2, 0.25) is 11.5 Å². The Hall–Kier alpha value is -0.884. The third kappa shape index (κ3) is 5.05. The number of hydrogen-bond acceptors (Lipinski definition) is 0. The molecule has 2 aliphatic rings. The van der Waals surface area contributed by atoms with Gasteiger partial charge in [0.05, 0.1) is 0 Å². The molecule has 0 bridgehead atoms. The first kappa shape index (κ1) is 24.8. The minimum atomic E-state index is -1.77. The number of benzene rings is 2. The molecular weight excluding hydrogens is 536 g/mol. The fraction of sp³-hybridized carbons (Fsp3) is 0.286. The number of hydrogen-bond donors (Lipinski definition) is 0. The van der Waals surface area contributed by atoms with Gasteiger partial charge in [-0.3, -0.25) is 0 Å². The summed E-state index contributed by atoms with van der Waals surface area (Å²) in [6.07, 6.45) is 7.46. The molecule has 4 rings (SSSR count). The summed E-state index contributed by atoms with van der Waals surface area (Å²) in [5.74, 6) is 5.28. The first-order valence-corrected chi connectivity index (χ1v) is 25.1. The van der Waals surface area contributed by atoms with Crippen LogP contribution in [0.5, 0.6) is 0 Å². The molecule has 2 aliphatic carbocycles. The van der Waals surface area contributed by atoms with Crippen LogP contribution in [0.4, 0.5) is 0 Å². The number of halogens is 1. The largest absolute Gasteiger partial charge is 0.147 e. The van der Waals surface area contributed by atoms with Gasteiger partial charge in [-0.25, -0.2) is 0 Å². The molecular formula is C28H33ClGeZr. The van der Waals surface area contributed by atoms with Gasteiger partial charge < -0.3 is 0 Å². The third-order valence-electron chi connectivity index (χ3n) is 6.56. The van der Waals surface area contributed by atoms with Gasteiger partial charge in [-0.05, 0) is 0 Å². The van der Waals surface area contributed by atoms with Crippen LogP contribution in [0.25, 0.3) is 11.1 Å². The molecule has 0 N–H and O–H groups in total. The maximum Gasteiger partial charge on any atom is -0.147 e. The fourth-order valence-electron chi connectivity index (χ4n) is 4.85. The summed E-state index contributed by atoms with van der Waals surface area (Å²) in [7, 11) is -1.01. The van der Waals surface area contributed by atoms with Crippen LogP contribution >= 0.6 is 12.4 Å². The van der Waals surface area contributed by atoms with Crippen molar-refractivity contribution < 1.29 is 18.6 Å². The van der Waals surface area contributed by atoms with E-state index in [1.165, 1.54) is 46.2 Å². The van der Waals surface area contributed by atoms with Crippen LogP contribution in [0.15, 0.2) is 78.4 Å². The van der Waals surface area contributed by atoms with Gasteiger partial charge in [0, 0.05) is 0 Å². The van der Waals surface area contributed by atoms with E-state index >= 15 is 0 Å². The van der Waals surface area contributed by atoms with E-state index < -0.39 is 28.6 Å². The molecule has 2 aromatic rings. The fourth-order valence-corrected chi connectivity index (χ4v) is 34.9. The van der Waals surface area contributed by atoms with Gasteiger partial charge in [0.25, 0.3) is 0 Å². The van der Waals surface area contributed by atoms with Gasteiger partial charge in [-0.15, -0.1) is 12.4 Å². The number of rotatable bonds is 4. The number of aryl methyl sites for hydroxylation is 2. The number of allylic oxidation sites excluding steroid dienone is 8. The molecule has 0 unspecified atom stereocenters. The van der Waals surface area contributed by atoms with E-state index in [-0.39, 0.29) is 12.4 Å². The molecule has 3 heteroatoms. The van der Waals surface area contributed by atoms with Crippen LogP contribution in [-0.4, -0.2) is 9.98 Å². The minimum absolute atomic E-state index is 0. The van der Waals surface area contributed by atoms with E-state index in [2.05, 4.69) is 99.9 Å². The Labute approximate surface area is 203 Å². The second kappa shape index (κ2) is 10.4. The van der Waals surface area contributed by atoms with Crippen molar-refractivity contribution in [1.29, 1.82) is 0 Å². The first-order chi connectivity index (χ1) is 14.4. The van der Waals surface area contributed by atoms with E-state index in [1.807, 2.05) is 6.56 Å². The average Bonchev–Trinajstić information content (AvgIpc) is 3.27. The molecule has 0 saturated heterocycles. The van der Waals surface area contributed by atoms with Gasteiger partial charge in [-0.2, -0.15) is 0 Å². The Morgan fingerprint density at radius 2 is 0.968 bits per heavy atom. The quantitative estimate of drug-likeness (QED) is 0.325. The molecule has 0 saturated carbocycles. The summed E-state index contributed by atoms with van der Waals surface area (Å²) in [5, 5.41) is 0. The molecule has 0 heterocycles. The van der Waals surface area contributed by atoms with Crippen molar-refractivity contribution in [2.24, 2.45) is 0 Å². The second-order valence-electron chi connectivity index (χ2n) is 8.96. The molecule has 0 fully saturated rings. The summed E-state index contributed by atoms with van der Waals surface area (Å²) in [4.78, 5) is 0. The van der Waals surface area contributed by atoms with Gasteiger partial charge in [-0.1, -0.05) is 0 Å². The van der Waals surface area contributed by atoms with Crippen LogP contribution in [0.3, 0.4) is 0 Å². The molecule has 0 atom stereocenters. The van der Waals surface area contributed by atoms with Crippen molar-refractivity contribution in [1.82, 2.24) is 0 Å². The van der Waals surface area contributed by atoms with Gasteiger partial charge >= 0.3 is 192 Å². The van der Waals surface area contributed by atoms with E-state index in [9.17, 15) is 0 Å². The predicted molar refractivity (Wildman–Crippen MR) is 138 cm³/mol. The van der Waals surface area contributed by atoms with E-state index in [0.717, 1.165) is 0 Å². The molecule has 31 heavy (non-hydrogen) atoms. The molecule has 0 aliphatic heterocycles. The van der Waals surface area contributed by atoms with Crippen molar-refractivity contribution in [3.63, 3.8) is 0 Å². The normalized spacial score (nSPS) is 15.7. The van der Waals surface area contributed by atoms with Gasteiger partial charge in [0.1, 0.15) is 0 Å². The molecule has 0 spiro atoms. The second-order valence-corrected chi connectivity index (χ2v) is 36.9. The third-order valence-corrected chi connectivity index (χ3v) is 34.7. The molecule has 0 aromatic heterocycles. The van der Waals surface area contributed by atoms with Crippen molar-refractivity contribution >= 4 is 33.5 Å². The zero-order valence-corrected chi connectivity index (χ0v) is 25.0. The van der Waals surface area contributed by atoms with Crippen molar-refractivity contribution in [2.75, 3.05) is 0 Å². The molecule has 160 valence electrons. The first-order valence-electron chi connectivity index (χ1n) is 11.0. The van der Waals surface area contributed by atoms with Crippen molar-refractivity contribution in [3.8, 4) is 0 Å². The van der Waals surface area contributed by atoms with Crippen LogP contribution in [0, 0.1) is 13.8 Å². The summed E-state index contributed by atoms with van der Waals surface area (Å²) in [5.41, 5.74) is 11.7.